The summed E-state index contributed by atoms with van der Waals surface area (Å²) in [5.41, 5.74) is 3.27. The van der Waals surface area contributed by atoms with Gasteiger partial charge in [0.2, 0.25) is 5.91 Å². The van der Waals surface area contributed by atoms with Crippen LogP contribution in [0, 0.1) is 0 Å². The predicted octanol–water partition coefficient (Wildman–Crippen LogP) is 3.54. The van der Waals surface area contributed by atoms with Crippen LogP contribution in [0.15, 0.2) is 48.1 Å². The molecule has 0 aliphatic carbocycles. The first-order valence-electron chi connectivity index (χ1n) is 16.1. The van der Waals surface area contributed by atoms with Crippen molar-refractivity contribution in [3.8, 4) is 21.8 Å². The summed E-state index contributed by atoms with van der Waals surface area (Å²) < 4.78 is 16.2. The summed E-state index contributed by atoms with van der Waals surface area (Å²) in [4.78, 5) is 44.5. The fourth-order valence-electron chi connectivity index (χ4n) is 6.29. The van der Waals surface area contributed by atoms with E-state index in [2.05, 4.69) is 40.8 Å². The van der Waals surface area contributed by atoms with Crippen LogP contribution in [0.1, 0.15) is 37.6 Å². The molecular weight excluding hydrogens is 639 g/mol. The molecule has 15 heteroatoms. The predicted molar refractivity (Wildman–Crippen MR) is 184 cm³/mol. The number of carbonyl (C=O) groups is 2. The summed E-state index contributed by atoms with van der Waals surface area (Å²) in [6.07, 6.45) is 6.27. The van der Waals surface area contributed by atoms with E-state index in [9.17, 15) is 9.59 Å². The third-order valence-electron chi connectivity index (χ3n) is 9.21. The summed E-state index contributed by atoms with van der Waals surface area (Å²) in [6.45, 7) is 10.9. The number of carbonyl (C=O) groups excluding carboxylic acids is 2. The number of nitrogens with zero attached hydrogens (tertiary/aromatic N) is 7. The topological polar surface area (TPSA) is 129 Å². The Kier molecular flexibility index (Phi) is 8.93. The number of hydrogen-bond acceptors (Lipinski definition) is 11. The molecule has 0 saturated carbocycles. The third-order valence-corrected chi connectivity index (χ3v) is 12.0. The maximum Gasteiger partial charge on any atom is 0.251 e. The van der Waals surface area contributed by atoms with E-state index in [0.717, 1.165) is 30.1 Å². The van der Waals surface area contributed by atoms with Crippen molar-refractivity contribution in [2.45, 2.75) is 45.3 Å². The lowest BCUT2D eigenvalue weighted by Gasteiger charge is -2.53. The Morgan fingerprint density at radius 3 is 2.62 bits per heavy atom. The molecule has 250 valence electrons. The third kappa shape index (κ3) is 6.35. The van der Waals surface area contributed by atoms with Crippen LogP contribution in [0.5, 0.6) is 0 Å². The van der Waals surface area contributed by atoms with E-state index in [1.165, 1.54) is 0 Å². The molecule has 3 saturated heterocycles. The van der Waals surface area contributed by atoms with E-state index in [1.54, 1.807) is 34.2 Å². The number of hydrogen-bond donors (Lipinski definition) is 2. The monoisotopic (exact) mass is 679 g/mol. The van der Waals surface area contributed by atoms with Gasteiger partial charge in [-0.2, -0.15) is 5.10 Å². The maximum atomic E-state index is 13.7. The highest BCUT2D eigenvalue weighted by molar-refractivity contribution is 8.24. The van der Waals surface area contributed by atoms with E-state index in [1.807, 2.05) is 45.8 Å². The number of rotatable bonds is 12. The molecule has 0 bridgehead atoms. The molecule has 7 rings (SSSR count). The summed E-state index contributed by atoms with van der Waals surface area (Å²) >= 11 is 1.62. The van der Waals surface area contributed by atoms with E-state index in [-0.39, 0.29) is 29.9 Å². The fourth-order valence-corrected chi connectivity index (χ4v) is 8.26. The van der Waals surface area contributed by atoms with Crippen LogP contribution in [0.25, 0.3) is 27.5 Å². The van der Waals surface area contributed by atoms with Crippen molar-refractivity contribution in [3.05, 3.63) is 53.7 Å². The van der Waals surface area contributed by atoms with Crippen molar-refractivity contribution < 1.29 is 18.0 Å². The number of amides is 2. The molecular formula is C32H41N9O4S2. The molecule has 0 aromatic carbocycles. The van der Waals surface area contributed by atoms with Crippen molar-refractivity contribution in [3.63, 3.8) is 0 Å². The summed E-state index contributed by atoms with van der Waals surface area (Å²) in [5, 5.41) is 9.69. The zero-order valence-corrected chi connectivity index (χ0v) is 28.7. The minimum Gasteiger partial charge on any atom is -0.350 e. The van der Waals surface area contributed by atoms with Gasteiger partial charge in [-0.05, 0) is 56.1 Å². The molecule has 4 aromatic rings. The van der Waals surface area contributed by atoms with E-state index >= 15 is 0 Å². The minimum absolute atomic E-state index is 0.0643. The number of fused-ring (bicyclic) bond motifs is 1. The van der Waals surface area contributed by atoms with E-state index in [0.29, 0.717) is 61.3 Å². The number of thiophene rings is 1. The first-order valence-corrected chi connectivity index (χ1v) is 18.8. The highest BCUT2D eigenvalue weighted by Gasteiger charge is 2.43. The minimum atomic E-state index is -1.66. The second-order valence-electron chi connectivity index (χ2n) is 12.2. The molecule has 13 nitrogen and oxygen atoms in total. The molecule has 47 heavy (non-hydrogen) atoms. The van der Waals surface area contributed by atoms with E-state index in [4.69, 9.17) is 18.3 Å². The Morgan fingerprint density at radius 2 is 1.96 bits per heavy atom. The lowest BCUT2D eigenvalue weighted by Crippen LogP contribution is -2.66. The summed E-state index contributed by atoms with van der Waals surface area (Å²) in [7, 11) is -1.66. The van der Waals surface area contributed by atoms with Crippen molar-refractivity contribution in [1.82, 2.24) is 39.4 Å². The number of nitrogens with one attached hydrogen (secondary N) is 2. The van der Waals surface area contributed by atoms with Gasteiger partial charge in [0.25, 0.3) is 5.91 Å². The first kappa shape index (κ1) is 32.0. The zero-order chi connectivity index (χ0) is 32.7. The van der Waals surface area contributed by atoms with Crippen molar-refractivity contribution >= 4 is 45.4 Å². The van der Waals surface area contributed by atoms with Crippen molar-refractivity contribution in [2.24, 2.45) is 0 Å². The van der Waals surface area contributed by atoms with Gasteiger partial charge in [-0.1, -0.05) is 19.9 Å². The second kappa shape index (κ2) is 13.1. The van der Waals surface area contributed by atoms with Crippen LogP contribution in [0.2, 0.25) is 0 Å². The van der Waals surface area contributed by atoms with Gasteiger partial charge in [-0.3, -0.25) is 14.5 Å². The number of pyridine rings is 1. The molecule has 3 fully saturated rings. The van der Waals surface area contributed by atoms with Gasteiger partial charge in [0.1, 0.15) is 11.9 Å². The highest BCUT2D eigenvalue weighted by atomic mass is 32.3. The second-order valence-corrected chi connectivity index (χ2v) is 15.4. The first-order chi connectivity index (χ1) is 22.7. The Balaban J connectivity index is 1.16. The normalized spacial score (nSPS) is 20.4. The van der Waals surface area contributed by atoms with Gasteiger partial charge in [0.05, 0.1) is 34.1 Å². The van der Waals surface area contributed by atoms with Crippen LogP contribution < -0.4 is 14.9 Å². The molecule has 2 N–H and O–H groups in total. The Bertz CT molecular complexity index is 1750. The number of likely N-dealkylation sites (N-methyl/N-ethyl adjacent to an activating group) is 1. The summed E-state index contributed by atoms with van der Waals surface area (Å²) in [5.74, 6) is 0.467. The van der Waals surface area contributed by atoms with Gasteiger partial charge in [0, 0.05) is 50.2 Å². The average Bonchev–Trinajstić information content (AvgIpc) is 3.71. The highest BCUT2D eigenvalue weighted by Crippen LogP contribution is 2.50. The quantitative estimate of drug-likeness (QED) is 0.230. The largest absolute Gasteiger partial charge is 0.350 e. The Morgan fingerprint density at radius 1 is 1.15 bits per heavy atom. The van der Waals surface area contributed by atoms with Gasteiger partial charge in [0.15, 0.2) is 12.4 Å². The number of anilines is 1. The van der Waals surface area contributed by atoms with Gasteiger partial charge in [-0.25, -0.2) is 27.6 Å². The zero-order valence-electron chi connectivity index (χ0n) is 27.1. The lowest BCUT2D eigenvalue weighted by atomic mass is 9.98. The molecule has 0 unspecified atom stereocenters. The molecule has 2 atom stereocenters. The van der Waals surface area contributed by atoms with Crippen LogP contribution in [-0.2, 0) is 13.2 Å². The van der Waals surface area contributed by atoms with Gasteiger partial charge < -0.3 is 15.1 Å². The summed E-state index contributed by atoms with van der Waals surface area (Å²) in [6, 6.07) is 9.56. The molecule has 0 spiro atoms. The van der Waals surface area contributed by atoms with Gasteiger partial charge >= 0.3 is 0 Å². The van der Waals surface area contributed by atoms with Crippen LogP contribution in [0.4, 0.5) is 5.82 Å². The molecule has 3 aliphatic heterocycles. The molecule has 2 amide bonds. The molecule has 0 radical (unpaired) electrons. The van der Waals surface area contributed by atoms with Gasteiger partial charge in [-0.15, -0.1) is 22.1 Å². The maximum absolute atomic E-state index is 13.7. The fraction of sp³-hybridized carbons (Fsp3) is 0.469. The van der Waals surface area contributed by atoms with Crippen LogP contribution >= 0.6 is 22.1 Å². The molecule has 7 heterocycles. The SMILES string of the molecule is CCN(CC)[C@@H](C)CNC(=O)c1cc(-c2cnn3ccc(-c4cccs4)nc23)nc(N2CC[C@H]2C(=O)N2CC(NS3(C)OCO3)C2)c1. The Labute approximate surface area is 280 Å². The number of aromatic nitrogens is 4. The van der Waals surface area contributed by atoms with Crippen LogP contribution in [0.3, 0.4) is 0 Å². The average molecular weight is 680 g/mol. The van der Waals surface area contributed by atoms with Crippen molar-refractivity contribution in [1.29, 1.82) is 0 Å². The lowest BCUT2D eigenvalue weighted by molar-refractivity contribution is -0.138. The Hall–Kier alpha value is -3.60. The standard InChI is InChI=1S/C32H41N9O4S2/c1-5-38(6-2)21(3)16-33-31(42)22-14-26(24-17-34-41-12-9-25(36-30(24)41)28-8-7-13-46-28)35-29(15-22)40-11-10-27(40)32(43)39-18-23(19-39)37-47(4)44-20-45-47/h7-9,12-15,17,21,23,27,37H,5-6,10-11,16,18-20H2,1-4H3,(H,33,42)/t21-,27-/m0/s1. The number of likely N-dealkylation sites (tertiary alicyclic amines) is 1. The smallest absolute Gasteiger partial charge is 0.251 e. The molecule has 4 aromatic heterocycles. The van der Waals surface area contributed by atoms with Crippen molar-refractivity contribution in [2.75, 3.05) is 57.2 Å². The molecule has 3 aliphatic rings. The van der Waals surface area contributed by atoms with E-state index < -0.39 is 10.8 Å². The van der Waals surface area contributed by atoms with Crippen LogP contribution in [-0.4, -0.2) is 112 Å².